The lowest BCUT2D eigenvalue weighted by molar-refractivity contribution is -0.148. The second-order valence-electron chi connectivity index (χ2n) is 6.48. The van der Waals surface area contributed by atoms with Gasteiger partial charge in [0.05, 0.1) is 18.3 Å². The van der Waals surface area contributed by atoms with Crippen LogP contribution in [0, 0.1) is 23.7 Å². The van der Waals surface area contributed by atoms with Crippen molar-refractivity contribution in [1.82, 2.24) is 0 Å². The molecule has 0 radical (unpaired) electrons. The highest BCUT2D eigenvalue weighted by molar-refractivity contribution is 5.96. The Morgan fingerprint density at radius 1 is 1.00 bits per heavy atom. The average molecular weight is 317 g/mol. The third kappa shape index (κ3) is 3.06. The number of carboxylic acids is 2. The number of carbonyl (C=O) groups excluding carboxylic acids is 1. The number of amides is 1. The SMILES string of the molecule is O=C(O)Cc1ccc(NC(=O)[C@@H]2[C@@H]3CC[C@@H](C3)[C@@H]2C(=O)O)cc1. The summed E-state index contributed by atoms with van der Waals surface area (Å²) in [5.41, 5.74) is 1.22. The Bertz CT molecular complexity index is 639. The maximum Gasteiger partial charge on any atom is 0.307 e. The summed E-state index contributed by atoms with van der Waals surface area (Å²) in [5.74, 6) is -2.80. The standard InChI is InChI=1S/C17H19NO5/c19-13(20)7-9-1-5-12(6-2-9)18-16(21)14-10-3-4-11(8-10)15(14)17(22)23/h1-2,5-6,10-11,14-15H,3-4,7-8H2,(H,18,21)(H,19,20)(H,22,23)/t10-,11+,14-,15+/m1/s1. The molecule has 0 spiro atoms. The molecule has 1 aromatic rings. The van der Waals surface area contributed by atoms with Crippen molar-refractivity contribution in [3.63, 3.8) is 0 Å². The van der Waals surface area contributed by atoms with Gasteiger partial charge in [0.1, 0.15) is 0 Å². The third-order valence-electron chi connectivity index (χ3n) is 5.08. The van der Waals surface area contributed by atoms with Crippen LogP contribution in [0.3, 0.4) is 0 Å². The van der Waals surface area contributed by atoms with Gasteiger partial charge in [-0.1, -0.05) is 12.1 Å². The second kappa shape index (κ2) is 6.02. The van der Waals surface area contributed by atoms with Gasteiger partial charge in [-0.25, -0.2) is 0 Å². The van der Waals surface area contributed by atoms with Crippen molar-refractivity contribution in [3.05, 3.63) is 29.8 Å². The van der Waals surface area contributed by atoms with E-state index in [4.69, 9.17) is 5.11 Å². The van der Waals surface area contributed by atoms with Crippen LogP contribution >= 0.6 is 0 Å². The molecule has 6 nitrogen and oxygen atoms in total. The minimum Gasteiger partial charge on any atom is -0.481 e. The molecule has 23 heavy (non-hydrogen) atoms. The van der Waals surface area contributed by atoms with E-state index >= 15 is 0 Å². The number of aliphatic carboxylic acids is 2. The molecular weight excluding hydrogens is 298 g/mol. The lowest BCUT2D eigenvalue weighted by Gasteiger charge is -2.27. The van der Waals surface area contributed by atoms with Gasteiger partial charge < -0.3 is 15.5 Å². The lowest BCUT2D eigenvalue weighted by Crippen LogP contribution is -2.37. The van der Waals surface area contributed by atoms with Crippen LogP contribution in [0.2, 0.25) is 0 Å². The van der Waals surface area contributed by atoms with E-state index in [-0.39, 0.29) is 24.2 Å². The Morgan fingerprint density at radius 2 is 1.61 bits per heavy atom. The van der Waals surface area contributed by atoms with E-state index in [2.05, 4.69) is 5.32 Å². The first-order chi connectivity index (χ1) is 11.0. The molecule has 2 saturated carbocycles. The maximum atomic E-state index is 12.5. The molecule has 1 amide bonds. The molecule has 0 heterocycles. The zero-order valence-corrected chi connectivity index (χ0v) is 12.6. The average Bonchev–Trinajstić information content (AvgIpc) is 3.09. The zero-order valence-electron chi connectivity index (χ0n) is 12.6. The van der Waals surface area contributed by atoms with Crippen LogP contribution in [0.25, 0.3) is 0 Å². The number of carboxylic acid groups (broad SMARTS) is 2. The van der Waals surface area contributed by atoms with Gasteiger partial charge in [0.25, 0.3) is 0 Å². The van der Waals surface area contributed by atoms with Crippen molar-refractivity contribution in [1.29, 1.82) is 0 Å². The van der Waals surface area contributed by atoms with E-state index in [1.165, 1.54) is 0 Å². The molecular formula is C17H19NO5. The first kappa shape index (κ1) is 15.5. The quantitative estimate of drug-likeness (QED) is 0.770. The summed E-state index contributed by atoms with van der Waals surface area (Å²) >= 11 is 0. The predicted octanol–water partition coefficient (Wildman–Crippen LogP) is 2.00. The fraction of sp³-hybridized carbons (Fsp3) is 0.471. The van der Waals surface area contributed by atoms with Crippen LogP contribution in [0.5, 0.6) is 0 Å². The van der Waals surface area contributed by atoms with E-state index in [1.807, 2.05) is 0 Å². The molecule has 0 aromatic heterocycles. The number of rotatable bonds is 5. The van der Waals surface area contributed by atoms with E-state index < -0.39 is 23.8 Å². The van der Waals surface area contributed by atoms with E-state index in [9.17, 15) is 19.5 Å². The Hall–Kier alpha value is -2.37. The van der Waals surface area contributed by atoms with Gasteiger partial charge >= 0.3 is 11.9 Å². The summed E-state index contributed by atoms with van der Waals surface area (Å²) in [7, 11) is 0. The number of hydrogen-bond acceptors (Lipinski definition) is 3. The topological polar surface area (TPSA) is 104 Å². The number of benzene rings is 1. The number of carbonyl (C=O) groups is 3. The molecule has 4 atom stereocenters. The first-order valence-corrected chi connectivity index (χ1v) is 7.80. The molecule has 0 aliphatic heterocycles. The molecule has 2 bridgehead atoms. The molecule has 0 saturated heterocycles. The monoisotopic (exact) mass is 317 g/mol. The molecule has 6 heteroatoms. The molecule has 0 unspecified atom stereocenters. The van der Waals surface area contributed by atoms with Crippen molar-refractivity contribution >= 4 is 23.5 Å². The van der Waals surface area contributed by atoms with E-state index in [0.717, 1.165) is 19.3 Å². The van der Waals surface area contributed by atoms with Crippen LogP contribution in [-0.4, -0.2) is 28.1 Å². The Labute approximate surface area is 133 Å². The Kier molecular flexibility index (Phi) is 4.07. The second-order valence-corrected chi connectivity index (χ2v) is 6.48. The molecule has 2 aliphatic carbocycles. The summed E-state index contributed by atoms with van der Waals surface area (Å²) in [4.78, 5) is 34.6. The number of anilines is 1. The predicted molar refractivity (Wildman–Crippen MR) is 81.9 cm³/mol. The summed E-state index contributed by atoms with van der Waals surface area (Å²) in [6.45, 7) is 0. The van der Waals surface area contributed by atoms with Crippen molar-refractivity contribution in [2.45, 2.75) is 25.7 Å². The van der Waals surface area contributed by atoms with Gasteiger partial charge in [0.2, 0.25) is 5.91 Å². The van der Waals surface area contributed by atoms with E-state index in [0.29, 0.717) is 11.3 Å². The van der Waals surface area contributed by atoms with Gasteiger partial charge in [-0.05, 0) is 48.8 Å². The molecule has 122 valence electrons. The Morgan fingerprint density at radius 3 is 2.17 bits per heavy atom. The lowest BCUT2D eigenvalue weighted by atomic mass is 9.78. The summed E-state index contributed by atoms with van der Waals surface area (Å²) in [5, 5.41) is 20.9. The van der Waals surface area contributed by atoms with Crippen molar-refractivity contribution in [3.8, 4) is 0 Å². The molecule has 1 aromatic carbocycles. The third-order valence-corrected chi connectivity index (χ3v) is 5.08. The highest BCUT2D eigenvalue weighted by Crippen LogP contribution is 2.52. The molecule has 2 aliphatic rings. The van der Waals surface area contributed by atoms with Crippen LogP contribution in [-0.2, 0) is 20.8 Å². The smallest absolute Gasteiger partial charge is 0.307 e. The van der Waals surface area contributed by atoms with Gasteiger partial charge in [-0.3, -0.25) is 14.4 Å². The van der Waals surface area contributed by atoms with Crippen LogP contribution in [0.15, 0.2) is 24.3 Å². The van der Waals surface area contributed by atoms with Crippen molar-refractivity contribution < 1.29 is 24.6 Å². The highest BCUT2D eigenvalue weighted by Gasteiger charge is 2.53. The van der Waals surface area contributed by atoms with Gasteiger partial charge in [0, 0.05) is 5.69 Å². The summed E-state index contributed by atoms with van der Waals surface area (Å²) in [6.07, 6.45) is 2.58. The first-order valence-electron chi connectivity index (χ1n) is 7.80. The van der Waals surface area contributed by atoms with Gasteiger partial charge in [-0.15, -0.1) is 0 Å². The van der Waals surface area contributed by atoms with Gasteiger partial charge in [0.15, 0.2) is 0 Å². The van der Waals surface area contributed by atoms with Crippen molar-refractivity contribution in [2.75, 3.05) is 5.32 Å². The fourth-order valence-electron chi connectivity index (χ4n) is 4.13. The minimum atomic E-state index is -0.909. The molecule has 3 N–H and O–H groups in total. The minimum absolute atomic E-state index is 0.0678. The van der Waals surface area contributed by atoms with Crippen molar-refractivity contribution in [2.24, 2.45) is 23.7 Å². The molecule has 2 fully saturated rings. The summed E-state index contributed by atoms with van der Waals surface area (Å²) < 4.78 is 0. The molecule has 3 rings (SSSR count). The highest BCUT2D eigenvalue weighted by atomic mass is 16.4. The van der Waals surface area contributed by atoms with E-state index in [1.54, 1.807) is 24.3 Å². The van der Waals surface area contributed by atoms with Crippen LogP contribution in [0.1, 0.15) is 24.8 Å². The fourth-order valence-corrected chi connectivity index (χ4v) is 4.13. The number of fused-ring (bicyclic) bond motifs is 2. The van der Waals surface area contributed by atoms with Crippen LogP contribution in [0.4, 0.5) is 5.69 Å². The zero-order chi connectivity index (χ0) is 16.6. The Balaban J connectivity index is 1.69. The number of nitrogens with one attached hydrogen (secondary N) is 1. The summed E-state index contributed by atoms with van der Waals surface area (Å²) in [6, 6.07) is 6.61. The maximum absolute atomic E-state index is 12.5. The van der Waals surface area contributed by atoms with Gasteiger partial charge in [-0.2, -0.15) is 0 Å². The normalized spacial score (nSPS) is 28.5. The number of hydrogen-bond donors (Lipinski definition) is 3. The van der Waals surface area contributed by atoms with Crippen LogP contribution < -0.4 is 5.32 Å². The largest absolute Gasteiger partial charge is 0.481 e.